The maximum absolute atomic E-state index is 13.4. The summed E-state index contributed by atoms with van der Waals surface area (Å²) in [4.78, 5) is 65.0. The molecule has 6 aromatic rings. The summed E-state index contributed by atoms with van der Waals surface area (Å²) in [6.07, 6.45) is 2.96. The standard InChI is InChI=1S/C23H21Cl2N5O3.C16H14Cl2N4O2.C7H8BrNO/c1-33-20-4-2-3-15(26-20)12-29-9-10-30-21(23(29)32)16-13-28(8-7-19(16)27-30)22(31)14-5-6-17(24)18(25)11-14;17-11-2-1-9(7-12(11)18)16(24)21-5-3-13-10(8-21)14-15(23)19-4-6-22(14)20-13;1-10-7-4-6(5-8)2-3-9-7/h2-6,11H,7-10,12-13H2,1H3;1-2,7H,3-6,8H2,(H,19,23);2-4H,5H2,1H3. The maximum Gasteiger partial charge on any atom is 0.272 e. The lowest BCUT2D eigenvalue weighted by Gasteiger charge is -2.30. The van der Waals surface area contributed by atoms with Crippen LogP contribution < -0.4 is 14.8 Å². The number of hydrogen-bond acceptors (Lipinski definition) is 10. The van der Waals surface area contributed by atoms with Gasteiger partial charge < -0.3 is 29.5 Å². The van der Waals surface area contributed by atoms with E-state index in [2.05, 4.69) is 41.4 Å². The molecule has 10 rings (SSSR count). The number of benzene rings is 2. The van der Waals surface area contributed by atoms with E-state index >= 15 is 0 Å². The fourth-order valence-corrected chi connectivity index (χ4v) is 9.06. The number of halogens is 5. The Kier molecular flexibility index (Phi) is 15.0. The lowest BCUT2D eigenvalue weighted by atomic mass is 10.0. The molecule has 4 aromatic heterocycles. The number of pyridine rings is 2. The van der Waals surface area contributed by atoms with Gasteiger partial charge >= 0.3 is 0 Å². The van der Waals surface area contributed by atoms with E-state index < -0.39 is 0 Å². The molecule has 0 atom stereocenters. The van der Waals surface area contributed by atoms with Crippen molar-refractivity contribution < 1.29 is 28.7 Å². The summed E-state index contributed by atoms with van der Waals surface area (Å²) in [5.74, 6) is 0.658. The number of carbonyl (C=O) groups is 4. The van der Waals surface area contributed by atoms with E-state index in [1.54, 1.807) is 86.9 Å². The number of hydrogen-bond donors (Lipinski definition) is 1. The molecule has 0 aliphatic carbocycles. The van der Waals surface area contributed by atoms with Crippen LogP contribution in [-0.2, 0) is 50.9 Å². The van der Waals surface area contributed by atoms with E-state index in [4.69, 9.17) is 55.9 Å². The summed E-state index contributed by atoms with van der Waals surface area (Å²) in [6.45, 7) is 4.53. The Morgan fingerprint density at radius 2 is 1.30 bits per heavy atom. The minimum Gasteiger partial charge on any atom is -0.481 e. The Bertz CT molecular complexity index is 2860. The van der Waals surface area contributed by atoms with Crippen molar-refractivity contribution in [2.75, 3.05) is 40.4 Å². The highest BCUT2D eigenvalue weighted by Crippen LogP contribution is 2.30. The van der Waals surface area contributed by atoms with Crippen LogP contribution >= 0.6 is 62.3 Å². The molecule has 2 aromatic carbocycles. The molecule has 0 spiro atoms. The van der Waals surface area contributed by atoms with Crippen molar-refractivity contribution in [3.63, 3.8) is 0 Å². The van der Waals surface area contributed by atoms with Crippen molar-refractivity contribution in [3.8, 4) is 11.8 Å². The monoisotopic (exact) mass is 1050 g/mol. The molecule has 16 nitrogen and oxygen atoms in total. The Morgan fingerprint density at radius 3 is 1.88 bits per heavy atom. The van der Waals surface area contributed by atoms with E-state index in [9.17, 15) is 19.2 Å². The maximum atomic E-state index is 13.4. The van der Waals surface area contributed by atoms with Crippen molar-refractivity contribution in [1.82, 2.24) is 49.5 Å². The van der Waals surface area contributed by atoms with Crippen molar-refractivity contribution >= 4 is 86.0 Å². The van der Waals surface area contributed by atoms with E-state index in [1.807, 2.05) is 24.3 Å². The van der Waals surface area contributed by atoms with Gasteiger partial charge in [0.2, 0.25) is 11.8 Å². The van der Waals surface area contributed by atoms with Crippen LogP contribution in [0.5, 0.6) is 11.8 Å². The van der Waals surface area contributed by atoms with Gasteiger partial charge in [-0.05, 0) is 54.1 Å². The smallest absolute Gasteiger partial charge is 0.272 e. The molecule has 348 valence electrons. The minimum absolute atomic E-state index is 0.108. The average molecular weight is 1050 g/mol. The molecule has 0 radical (unpaired) electrons. The minimum atomic E-state index is -0.153. The summed E-state index contributed by atoms with van der Waals surface area (Å²) in [5.41, 5.74) is 7.42. The normalized spacial score (nSPS) is 14.8. The topological polar surface area (TPSA) is 170 Å². The molecular weight excluding hydrogens is 1010 g/mol. The van der Waals surface area contributed by atoms with Gasteiger partial charge in [0, 0.05) is 84.9 Å². The van der Waals surface area contributed by atoms with E-state index in [1.165, 1.54) is 5.56 Å². The van der Waals surface area contributed by atoms with Crippen molar-refractivity contribution in [2.24, 2.45) is 0 Å². The first kappa shape index (κ1) is 47.8. The largest absolute Gasteiger partial charge is 0.481 e. The van der Waals surface area contributed by atoms with E-state index in [-0.39, 0.29) is 23.6 Å². The van der Waals surface area contributed by atoms with Crippen LogP contribution in [-0.4, -0.2) is 108 Å². The lowest BCUT2D eigenvalue weighted by Crippen LogP contribution is -2.41. The van der Waals surface area contributed by atoms with Gasteiger partial charge in [0.15, 0.2) is 0 Å². The fraction of sp³-hybridized carbons (Fsp3) is 0.304. The van der Waals surface area contributed by atoms with Crippen LogP contribution in [0.4, 0.5) is 0 Å². The first-order valence-corrected chi connectivity index (χ1v) is 23.8. The van der Waals surface area contributed by atoms with Gasteiger partial charge in [-0.1, -0.05) is 68.4 Å². The molecule has 0 bridgehead atoms. The van der Waals surface area contributed by atoms with Crippen LogP contribution in [0.1, 0.15) is 75.5 Å². The van der Waals surface area contributed by atoms with E-state index in [0.717, 1.165) is 33.5 Å². The number of nitrogens with one attached hydrogen (secondary N) is 1. The van der Waals surface area contributed by atoms with Gasteiger partial charge in [-0.15, -0.1) is 0 Å². The van der Waals surface area contributed by atoms with Crippen LogP contribution in [0.15, 0.2) is 72.9 Å². The number of ether oxygens (including phenoxy) is 2. The second kappa shape index (κ2) is 21.1. The van der Waals surface area contributed by atoms with Gasteiger partial charge in [-0.2, -0.15) is 10.2 Å². The molecular formula is C46H43BrCl4N10O6. The second-order valence-corrected chi connectivity index (χ2v) is 17.9. The zero-order valence-electron chi connectivity index (χ0n) is 36.3. The molecule has 0 saturated heterocycles. The zero-order valence-corrected chi connectivity index (χ0v) is 40.9. The third kappa shape index (κ3) is 10.6. The van der Waals surface area contributed by atoms with Gasteiger partial charge in [-0.25, -0.2) is 9.97 Å². The third-order valence-corrected chi connectivity index (χ3v) is 13.6. The summed E-state index contributed by atoms with van der Waals surface area (Å²) >= 11 is 27.3. The van der Waals surface area contributed by atoms with Crippen LogP contribution in [0.3, 0.4) is 0 Å². The highest BCUT2D eigenvalue weighted by atomic mass is 79.9. The summed E-state index contributed by atoms with van der Waals surface area (Å²) in [7, 11) is 3.17. The Morgan fingerprint density at radius 1 is 0.701 bits per heavy atom. The number of carbonyl (C=O) groups excluding carboxylic acids is 4. The number of amides is 4. The average Bonchev–Trinajstić information content (AvgIpc) is 3.93. The highest BCUT2D eigenvalue weighted by Gasteiger charge is 2.36. The molecule has 4 amide bonds. The Balaban J connectivity index is 0.000000156. The molecule has 21 heteroatoms. The highest BCUT2D eigenvalue weighted by molar-refractivity contribution is 9.08. The van der Waals surface area contributed by atoms with Crippen LogP contribution in [0.2, 0.25) is 20.1 Å². The first-order valence-electron chi connectivity index (χ1n) is 21.1. The van der Waals surface area contributed by atoms with Crippen LogP contribution in [0.25, 0.3) is 0 Å². The summed E-state index contributed by atoms with van der Waals surface area (Å²) in [6, 6.07) is 19.0. The van der Waals surface area contributed by atoms with Crippen molar-refractivity contribution in [1.29, 1.82) is 0 Å². The predicted octanol–water partition coefficient (Wildman–Crippen LogP) is 7.56. The molecule has 0 unspecified atom stereocenters. The number of methoxy groups -OCH3 is 2. The zero-order chi connectivity index (χ0) is 47.4. The number of alkyl halides is 1. The quantitative estimate of drug-likeness (QED) is 0.158. The number of fused-ring (bicyclic) bond motifs is 6. The summed E-state index contributed by atoms with van der Waals surface area (Å²) in [5, 5.41) is 14.3. The first-order chi connectivity index (χ1) is 32.3. The molecule has 8 heterocycles. The number of rotatable bonds is 7. The van der Waals surface area contributed by atoms with Gasteiger partial charge in [-0.3, -0.25) is 28.5 Å². The lowest BCUT2D eigenvalue weighted by molar-refractivity contribution is 0.0668. The number of nitrogens with zero attached hydrogens (tertiary/aromatic N) is 9. The molecule has 4 aliphatic heterocycles. The van der Waals surface area contributed by atoms with Gasteiger partial charge in [0.05, 0.1) is 84.1 Å². The van der Waals surface area contributed by atoms with Gasteiger partial charge in [0.25, 0.3) is 23.6 Å². The molecule has 4 aliphatic rings. The summed E-state index contributed by atoms with van der Waals surface area (Å²) < 4.78 is 13.6. The Hall–Kier alpha value is -5.72. The Labute approximate surface area is 414 Å². The van der Waals surface area contributed by atoms with Gasteiger partial charge in [0.1, 0.15) is 11.4 Å². The van der Waals surface area contributed by atoms with Crippen molar-refractivity contribution in [3.05, 3.63) is 149 Å². The molecule has 0 fully saturated rings. The second-order valence-electron chi connectivity index (χ2n) is 15.7. The van der Waals surface area contributed by atoms with Crippen molar-refractivity contribution in [2.45, 2.75) is 50.9 Å². The van der Waals surface area contributed by atoms with Crippen LogP contribution in [0, 0.1) is 0 Å². The SMILES string of the molecule is COc1cc(CBr)ccn1.COc1cccc(CN2CCn3nc4c(c3C2=O)CN(C(=O)c2ccc(Cl)c(Cl)c2)CC4)n1.O=C1NCCn2nc3c(c21)CN(C(=O)c1ccc(Cl)c(Cl)c1)CC3. The molecule has 0 saturated carbocycles. The number of aromatic nitrogens is 6. The fourth-order valence-electron chi connectivity index (χ4n) is 8.12. The van der Waals surface area contributed by atoms with E-state index in [0.29, 0.717) is 126 Å². The molecule has 67 heavy (non-hydrogen) atoms. The predicted molar refractivity (Wildman–Crippen MR) is 256 cm³/mol. The third-order valence-electron chi connectivity index (χ3n) is 11.5. The molecule has 1 N–H and O–H groups in total.